The van der Waals surface area contributed by atoms with Gasteiger partial charge in [-0.15, -0.1) is 0 Å². The minimum Gasteiger partial charge on any atom is -0.494 e. The Morgan fingerprint density at radius 2 is 0.681 bits per heavy atom. The van der Waals surface area contributed by atoms with Crippen molar-refractivity contribution in [2.75, 3.05) is 26.4 Å². The van der Waals surface area contributed by atoms with E-state index in [1.807, 2.05) is 24.3 Å². The van der Waals surface area contributed by atoms with Crippen LogP contribution in [0.25, 0.3) is 0 Å². The van der Waals surface area contributed by atoms with Gasteiger partial charge in [0.1, 0.15) is 11.5 Å². The largest absolute Gasteiger partial charge is 0.494 e. The first-order valence-electron chi connectivity index (χ1n) is 18.1. The van der Waals surface area contributed by atoms with Crippen LogP contribution in [0.5, 0.6) is 11.5 Å². The van der Waals surface area contributed by atoms with Crippen LogP contribution in [0.3, 0.4) is 0 Å². The zero-order valence-electron chi connectivity index (χ0n) is 28.5. The highest BCUT2D eigenvalue weighted by Crippen LogP contribution is 2.17. The van der Waals surface area contributed by atoms with E-state index in [2.05, 4.69) is 69.4 Å². The highest BCUT2D eigenvalue weighted by atomic mass is 127. The molecule has 47 heavy (non-hydrogen) atoms. The average Bonchev–Trinajstić information content (AvgIpc) is 3.07. The van der Waals surface area contributed by atoms with Crippen LogP contribution in [0.4, 0.5) is 0 Å². The predicted octanol–water partition coefficient (Wildman–Crippen LogP) is 11.6. The molecule has 0 fully saturated rings. The fraction of sp³-hybridized carbons (Fsp3) is 0.641. The highest BCUT2D eigenvalue weighted by molar-refractivity contribution is 14.1. The second-order valence-electron chi connectivity index (χ2n) is 12.3. The lowest BCUT2D eigenvalue weighted by Crippen LogP contribution is -2.10. The second kappa shape index (κ2) is 29.4. The van der Waals surface area contributed by atoms with Crippen LogP contribution < -0.4 is 9.47 Å². The fourth-order valence-electron chi connectivity index (χ4n) is 5.23. The summed E-state index contributed by atoms with van der Waals surface area (Å²) in [6, 6.07) is 16.4. The third kappa shape index (κ3) is 25.1. The monoisotopic (exact) mass is 876 g/mol. The summed E-state index contributed by atoms with van der Waals surface area (Å²) in [4.78, 5) is 23.9. The molecule has 0 saturated heterocycles. The minimum atomic E-state index is -0.143. The molecule has 0 N–H and O–H groups in total. The van der Waals surface area contributed by atoms with E-state index in [4.69, 9.17) is 18.9 Å². The van der Waals surface area contributed by atoms with E-state index in [1.165, 1.54) is 84.2 Å². The molecule has 2 aromatic carbocycles. The van der Waals surface area contributed by atoms with Crippen molar-refractivity contribution in [3.63, 3.8) is 0 Å². The summed E-state index contributed by atoms with van der Waals surface area (Å²) in [7, 11) is 0. The van der Waals surface area contributed by atoms with Gasteiger partial charge in [-0.2, -0.15) is 0 Å². The van der Waals surface area contributed by atoms with E-state index in [9.17, 15) is 9.59 Å². The Bertz CT molecular complexity index is 961. The highest BCUT2D eigenvalue weighted by Gasteiger charge is 2.05. The van der Waals surface area contributed by atoms with E-state index < -0.39 is 0 Å². The SMILES string of the molecule is O=C(CCCCCCCCCCCOc1ccc(I)cc1)OCCCOC(=O)CCCCCCCCCCCOc1ccc(I)cc1. The second-order valence-corrected chi connectivity index (χ2v) is 14.8. The van der Waals surface area contributed by atoms with Gasteiger partial charge in [-0.3, -0.25) is 9.59 Å². The van der Waals surface area contributed by atoms with Gasteiger partial charge in [0.25, 0.3) is 0 Å². The van der Waals surface area contributed by atoms with Gasteiger partial charge in [0, 0.05) is 26.4 Å². The lowest BCUT2D eigenvalue weighted by Gasteiger charge is -2.07. The van der Waals surface area contributed by atoms with Crippen molar-refractivity contribution >= 4 is 57.1 Å². The molecule has 2 aromatic rings. The Kier molecular flexibility index (Phi) is 26.0. The minimum absolute atomic E-state index is 0.143. The predicted molar refractivity (Wildman–Crippen MR) is 208 cm³/mol. The summed E-state index contributed by atoms with van der Waals surface area (Å²) in [5.41, 5.74) is 0. The molecule has 0 spiro atoms. The van der Waals surface area contributed by atoms with Crippen molar-refractivity contribution < 1.29 is 28.5 Å². The molecule has 6 nitrogen and oxygen atoms in total. The maximum absolute atomic E-state index is 11.9. The van der Waals surface area contributed by atoms with Crippen LogP contribution in [0.2, 0.25) is 0 Å². The van der Waals surface area contributed by atoms with Gasteiger partial charge in [0.05, 0.1) is 26.4 Å². The van der Waals surface area contributed by atoms with Crippen LogP contribution in [0.15, 0.2) is 48.5 Å². The van der Waals surface area contributed by atoms with Gasteiger partial charge in [-0.1, -0.05) is 89.9 Å². The maximum atomic E-state index is 11.9. The lowest BCUT2D eigenvalue weighted by atomic mass is 10.1. The lowest BCUT2D eigenvalue weighted by molar-refractivity contribution is -0.146. The van der Waals surface area contributed by atoms with E-state index >= 15 is 0 Å². The van der Waals surface area contributed by atoms with Gasteiger partial charge < -0.3 is 18.9 Å². The summed E-state index contributed by atoms with van der Waals surface area (Å²) in [5, 5.41) is 0. The normalized spacial score (nSPS) is 10.9. The Morgan fingerprint density at radius 1 is 0.383 bits per heavy atom. The molecule has 0 amide bonds. The number of esters is 2. The Hall–Kier alpha value is -1.56. The Balaban J connectivity index is 1.23. The van der Waals surface area contributed by atoms with Crippen molar-refractivity contribution in [2.24, 2.45) is 0 Å². The Labute approximate surface area is 312 Å². The van der Waals surface area contributed by atoms with Crippen LogP contribution in [0.1, 0.15) is 135 Å². The number of benzene rings is 2. The summed E-state index contributed by atoms with van der Waals surface area (Å²) in [6.07, 6.45) is 22.4. The van der Waals surface area contributed by atoms with Crippen LogP contribution in [-0.4, -0.2) is 38.4 Å². The standard InChI is InChI=1S/C39H58I2O6/c40-34-22-26-36(27-23-34)44-30-17-13-9-5-1-3-7-11-15-20-38(42)46-32-19-33-47-39(43)21-16-12-8-4-2-6-10-14-18-31-45-37-28-24-35(41)25-29-37/h22-29H,1-21,30-33H2. The molecule has 264 valence electrons. The van der Waals surface area contributed by atoms with Gasteiger partial charge in [0.2, 0.25) is 0 Å². The molecule has 0 aliphatic heterocycles. The van der Waals surface area contributed by atoms with Gasteiger partial charge in [-0.25, -0.2) is 0 Å². The van der Waals surface area contributed by atoms with Crippen molar-refractivity contribution in [1.82, 2.24) is 0 Å². The third-order valence-corrected chi connectivity index (χ3v) is 9.47. The zero-order valence-corrected chi connectivity index (χ0v) is 32.8. The van der Waals surface area contributed by atoms with Crippen LogP contribution in [0, 0.1) is 7.14 Å². The van der Waals surface area contributed by atoms with E-state index in [0.717, 1.165) is 63.2 Å². The molecule has 2 rings (SSSR count). The number of hydrogen-bond acceptors (Lipinski definition) is 6. The van der Waals surface area contributed by atoms with E-state index in [-0.39, 0.29) is 11.9 Å². The number of carbonyl (C=O) groups excluding carboxylic acids is 2. The fourth-order valence-corrected chi connectivity index (χ4v) is 5.95. The van der Waals surface area contributed by atoms with Crippen LogP contribution >= 0.6 is 45.2 Å². The van der Waals surface area contributed by atoms with Crippen molar-refractivity contribution in [3.8, 4) is 11.5 Å². The number of ether oxygens (including phenoxy) is 4. The van der Waals surface area contributed by atoms with Gasteiger partial charge in [0.15, 0.2) is 0 Å². The van der Waals surface area contributed by atoms with Gasteiger partial charge >= 0.3 is 11.9 Å². The summed E-state index contributed by atoms with van der Waals surface area (Å²) in [6.45, 7) is 2.22. The Morgan fingerprint density at radius 3 is 1.02 bits per heavy atom. The number of carbonyl (C=O) groups is 2. The smallest absolute Gasteiger partial charge is 0.305 e. The summed E-state index contributed by atoms with van der Waals surface area (Å²) >= 11 is 4.60. The van der Waals surface area contributed by atoms with E-state index in [1.54, 1.807) is 0 Å². The van der Waals surface area contributed by atoms with Crippen molar-refractivity contribution in [3.05, 3.63) is 55.7 Å². The molecule has 0 bridgehead atoms. The van der Waals surface area contributed by atoms with Gasteiger partial charge in [-0.05, 0) is 119 Å². The molecule has 0 saturated carbocycles. The van der Waals surface area contributed by atoms with E-state index in [0.29, 0.717) is 32.5 Å². The molecule has 0 heterocycles. The molecular weight excluding hydrogens is 818 g/mol. The molecule has 0 radical (unpaired) electrons. The average molecular weight is 877 g/mol. The number of halogens is 2. The first-order chi connectivity index (χ1) is 23.0. The first-order valence-corrected chi connectivity index (χ1v) is 20.3. The molecule has 0 aliphatic rings. The number of rotatable bonds is 30. The molecule has 0 aliphatic carbocycles. The quantitative estimate of drug-likeness (QED) is 0.0442. The summed E-state index contributed by atoms with van der Waals surface area (Å²) in [5.74, 6) is 1.62. The van der Waals surface area contributed by atoms with Crippen molar-refractivity contribution in [2.45, 2.75) is 135 Å². The summed E-state index contributed by atoms with van der Waals surface area (Å²) < 4.78 is 24.6. The number of unbranched alkanes of at least 4 members (excludes halogenated alkanes) is 16. The zero-order chi connectivity index (χ0) is 33.6. The number of hydrogen-bond donors (Lipinski definition) is 0. The molecule has 0 atom stereocenters. The maximum Gasteiger partial charge on any atom is 0.305 e. The van der Waals surface area contributed by atoms with Crippen molar-refractivity contribution in [1.29, 1.82) is 0 Å². The molecule has 0 unspecified atom stereocenters. The topological polar surface area (TPSA) is 71.1 Å². The molecule has 8 heteroatoms. The molecular formula is C39H58I2O6. The first kappa shape index (κ1) is 41.6. The third-order valence-electron chi connectivity index (χ3n) is 8.03. The van der Waals surface area contributed by atoms with Crippen LogP contribution in [-0.2, 0) is 19.1 Å². The molecule has 0 aromatic heterocycles.